The number of hydrogen-bond donors (Lipinski definition) is 1. The van der Waals surface area contributed by atoms with Gasteiger partial charge >= 0.3 is 0 Å². The molecule has 3 aliphatic heterocycles. The van der Waals surface area contributed by atoms with E-state index >= 15 is 0 Å². The summed E-state index contributed by atoms with van der Waals surface area (Å²) >= 11 is 0. The van der Waals surface area contributed by atoms with Gasteiger partial charge in [-0.3, -0.25) is 9.69 Å². The maximum Gasteiger partial charge on any atom is 0.253 e. The van der Waals surface area contributed by atoms with Crippen LogP contribution in [0.1, 0.15) is 24.0 Å². The van der Waals surface area contributed by atoms with E-state index in [4.69, 9.17) is 4.74 Å². The van der Waals surface area contributed by atoms with E-state index in [1.807, 2.05) is 4.90 Å². The highest BCUT2D eigenvalue weighted by Crippen LogP contribution is 2.25. The van der Waals surface area contributed by atoms with Gasteiger partial charge in [0.1, 0.15) is 6.10 Å². The molecule has 2 saturated heterocycles. The van der Waals surface area contributed by atoms with E-state index in [-0.39, 0.29) is 36.8 Å². The van der Waals surface area contributed by atoms with E-state index in [1.54, 1.807) is 0 Å². The van der Waals surface area contributed by atoms with Gasteiger partial charge in [0, 0.05) is 45.3 Å². The van der Waals surface area contributed by atoms with Crippen LogP contribution in [0.2, 0.25) is 0 Å². The first-order valence-corrected chi connectivity index (χ1v) is 9.23. The molecule has 3 aliphatic rings. The average molecular weight is 402 g/mol. The molecular weight excluding hydrogens is 373 g/mol. The summed E-state index contributed by atoms with van der Waals surface area (Å²) in [6.07, 6.45) is 3.02. The molecule has 4 rings (SSSR count). The molecule has 5 nitrogen and oxygen atoms in total. The monoisotopic (exact) mass is 401 g/mol. The van der Waals surface area contributed by atoms with Crippen molar-refractivity contribution in [2.24, 2.45) is 0 Å². The number of likely N-dealkylation sites (tertiary alicyclic amines) is 1. The Morgan fingerprint density at radius 2 is 1.81 bits per heavy atom. The zero-order valence-electron chi connectivity index (χ0n) is 15.1. The van der Waals surface area contributed by atoms with Crippen molar-refractivity contribution in [1.29, 1.82) is 0 Å². The van der Waals surface area contributed by atoms with Crippen LogP contribution in [-0.2, 0) is 22.5 Å². The number of fused-ring (bicyclic) bond motifs is 1. The summed E-state index contributed by atoms with van der Waals surface area (Å²) in [7, 11) is 0. The fourth-order valence-corrected chi connectivity index (χ4v) is 4.21. The predicted octanol–water partition coefficient (Wildman–Crippen LogP) is 1.87. The zero-order chi connectivity index (χ0) is 16.4. The number of benzene rings is 1. The van der Waals surface area contributed by atoms with E-state index in [0.717, 1.165) is 52.0 Å². The minimum absolute atomic E-state index is 0. The summed E-state index contributed by atoms with van der Waals surface area (Å²) in [5.74, 6) is 0.171. The topological polar surface area (TPSA) is 44.8 Å². The molecule has 0 saturated carbocycles. The van der Waals surface area contributed by atoms with Gasteiger partial charge in [0.15, 0.2) is 0 Å². The van der Waals surface area contributed by atoms with Gasteiger partial charge in [0.05, 0.1) is 6.61 Å². The average Bonchev–Trinajstić information content (AvgIpc) is 2.68. The maximum atomic E-state index is 12.5. The lowest BCUT2D eigenvalue weighted by Gasteiger charge is -2.41. The summed E-state index contributed by atoms with van der Waals surface area (Å²) in [4.78, 5) is 17.2. The quantitative estimate of drug-likeness (QED) is 0.821. The molecule has 2 fully saturated rings. The molecule has 1 atom stereocenters. The number of carbonyl (C=O) groups excluding carboxylic acids is 1. The number of carbonyl (C=O) groups is 1. The molecule has 3 heterocycles. The lowest BCUT2D eigenvalue weighted by molar-refractivity contribution is -0.146. The Morgan fingerprint density at radius 1 is 1.08 bits per heavy atom. The Hall–Kier alpha value is -0.850. The molecule has 1 N–H and O–H groups in total. The molecule has 1 unspecified atom stereocenters. The Morgan fingerprint density at radius 3 is 2.50 bits per heavy atom. The normalized spacial score (nSPS) is 24.2. The maximum absolute atomic E-state index is 12.5. The van der Waals surface area contributed by atoms with E-state index in [1.165, 1.54) is 11.1 Å². The van der Waals surface area contributed by atoms with Crippen molar-refractivity contribution in [3.63, 3.8) is 0 Å². The summed E-state index contributed by atoms with van der Waals surface area (Å²) < 4.78 is 5.61. The number of amides is 1. The Balaban J connectivity index is 0.00000121. The summed E-state index contributed by atoms with van der Waals surface area (Å²) in [6.45, 7) is 6.07. The largest absolute Gasteiger partial charge is 0.366 e. The minimum atomic E-state index is -0.280. The van der Waals surface area contributed by atoms with Gasteiger partial charge in [-0.15, -0.1) is 24.8 Å². The van der Waals surface area contributed by atoms with Crippen LogP contribution in [-0.4, -0.2) is 67.2 Å². The molecule has 0 aromatic heterocycles. The molecule has 146 valence electrons. The molecule has 1 amide bonds. The van der Waals surface area contributed by atoms with Gasteiger partial charge in [0.2, 0.25) is 0 Å². The van der Waals surface area contributed by atoms with Crippen LogP contribution in [0.25, 0.3) is 0 Å². The minimum Gasteiger partial charge on any atom is -0.366 e. The number of rotatable bonds is 2. The van der Waals surface area contributed by atoms with Crippen LogP contribution in [0.5, 0.6) is 0 Å². The highest BCUT2D eigenvalue weighted by molar-refractivity contribution is 5.85. The lowest BCUT2D eigenvalue weighted by Crippen LogP contribution is -2.53. The van der Waals surface area contributed by atoms with Crippen molar-refractivity contribution in [2.75, 3.05) is 39.3 Å². The molecule has 0 radical (unpaired) electrons. The van der Waals surface area contributed by atoms with Crippen LogP contribution in [0, 0.1) is 0 Å². The SMILES string of the molecule is Cl.Cl.O=C(C1CNCCO1)N1CCC(N2CCc3ccccc3C2)CC1. The van der Waals surface area contributed by atoms with Crippen molar-refractivity contribution in [3.05, 3.63) is 35.4 Å². The molecule has 7 heteroatoms. The zero-order valence-corrected chi connectivity index (χ0v) is 16.7. The molecular formula is C19H29Cl2N3O2. The van der Waals surface area contributed by atoms with Crippen LogP contribution in [0.4, 0.5) is 0 Å². The smallest absolute Gasteiger partial charge is 0.253 e. The van der Waals surface area contributed by atoms with Gasteiger partial charge < -0.3 is 15.0 Å². The third-order valence-corrected chi connectivity index (χ3v) is 5.66. The van der Waals surface area contributed by atoms with E-state index in [9.17, 15) is 4.79 Å². The Labute approximate surface area is 168 Å². The van der Waals surface area contributed by atoms with Gasteiger partial charge in [-0.2, -0.15) is 0 Å². The van der Waals surface area contributed by atoms with Crippen molar-refractivity contribution in [1.82, 2.24) is 15.1 Å². The first-order valence-electron chi connectivity index (χ1n) is 9.23. The van der Waals surface area contributed by atoms with Gasteiger partial charge in [-0.25, -0.2) is 0 Å². The second-order valence-electron chi connectivity index (χ2n) is 7.11. The first-order chi connectivity index (χ1) is 11.8. The second-order valence-corrected chi connectivity index (χ2v) is 7.11. The Bertz CT molecular complexity index is 588. The standard InChI is InChI=1S/C19H27N3O2.2ClH/c23-19(18-13-20-8-12-24-18)21-10-6-17(7-11-21)22-9-5-15-3-1-2-4-16(15)14-22;;/h1-4,17-18,20H,5-14H2;2*1H. The number of halogens is 2. The van der Waals surface area contributed by atoms with Crippen molar-refractivity contribution in [2.45, 2.75) is 38.0 Å². The van der Waals surface area contributed by atoms with Crippen LogP contribution < -0.4 is 5.32 Å². The van der Waals surface area contributed by atoms with Crippen molar-refractivity contribution >= 4 is 30.7 Å². The fraction of sp³-hybridized carbons (Fsp3) is 0.632. The number of morpholine rings is 1. The van der Waals surface area contributed by atoms with E-state index in [2.05, 4.69) is 34.5 Å². The van der Waals surface area contributed by atoms with Gasteiger partial charge in [-0.05, 0) is 30.4 Å². The third kappa shape index (κ3) is 4.70. The molecule has 0 aliphatic carbocycles. The third-order valence-electron chi connectivity index (χ3n) is 5.66. The molecule has 1 aromatic carbocycles. The number of hydrogen-bond acceptors (Lipinski definition) is 4. The highest BCUT2D eigenvalue weighted by atomic mass is 35.5. The fourth-order valence-electron chi connectivity index (χ4n) is 4.21. The van der Waals surface area contributed by atoms with Gasteiger partial charge in [-0.1, -0.05) is 24.3 Å². The van der Waals surface area contributed by atoms with Crippen molar-refractivity contribution in [3.8, 4) is 0 Å². The molecule has 26 heavy (non-hydrogen) atoms. The molecule has 1 aromatic rings. The second kappa shape index (κ2) is 9.90. The summed E-state index contributed by atoms with van der Waals surface area (Å²) in [5, 5.41) is 3.24. The number of ether oxygens (including phenoxy) is 1. The van der Waals surface area contributed by atoms with Gasteiger partial charge in [0.25, 0.3) is 5.91 Å². The van der Waals surface area contributed by atoms with Crippen LogP contribution in [0.15, 0.2) is 24.3 Å². The predicted molar refractivity (Wildman–Crippen MR) is 107 cm³/mol. The number of piperidine rings is 1. The molecule has 0 spiro atoms. The summed E-state index contributed by atoms with van der Waals surface area (Å²) in [6, 6.07) is 9.40. The highest BCUT2D eigenvalue weighted by Gasteiger charge is 2.32. The van der Waals surface area contributed by atoms with Crippen molar-refractivity contribution < 1.29 is 9.53 Å². The summed E-state index contributed by atoms with van der Waals surface area (Å²) in [5.41, 5.74) is 2.98. The van der Waals surface area contributed by atoms with E-state index in [0.29, 0.717) is 19.2 Å². The first kappa shape index (κ1) is 21.5. The molecule has 0 bridgehead atoms. The lowest BCUT2D eigenvalue weighted by atomic mass is 9.95. The number of nitrogens with zero attached hydrogens (tertiary/aromatic N) is 2. The van der Waals surface area contributed by atoms with E-state index < -0.39 is 0 Å². The Kier molecular flexibility index (Phi) is 8.17. The van der Waals surface area contributed by atoms with Crippen LogP contribution >= 0.6 is 24.8 Å². The van der Waals surface area contributed by atoms with Crippen LogP contribution in [0.3, 0.4) is 0 Å². The number of nitrogens with one attached hydrogen (secondary N) is 1.